The van der Waals surface area contributed by atoms with Crippen molar-refractivity contribution >= 4 is 24.4 Å². The molecule has 24 heavy (non-hydrogen) atoms. The van der Waals surface area contributed by atoms with Crippen molar-refractivity contribution in [3.05, 3.63) is 65.5 Å². The minimum Gasteiger partial charge on any atom is -0.352 e. The highest BCUT2D eigenvalue weighted by molar-refractivity contribution is 7.80. The molecule has 1 N–H and O–H groups in total. The van der Waals surface area contributed by atoms with Crippen LogP contribution >= 0.6 is 12.6 Å². The van der Waals surface area contributed by atoms with Crippen LogP contribution in [0.5, 0.6) is 0 Å². The van der Waals surface area contributed by atoms with Crippen molar-refractivity contribution in [3.8, 4) is 0 Å². The van der Waals surface area contributed by atoms with Crippen LogP contribution in [0.2, 0.25) is 0 Å². The van der Waals surface area contributed by atoms with Gasteiger partial charge in [0.15, 0.2) is 0 Å². The van der Waals surface area contributed by atoms with E-state index in [4.69, 9.17) is 0 Å². The number of benzene rings is 1. The number of hydrogen-bond acceptors (Lipinski definition) is 3. The van der Waals surface area contributed by atoms with Crippen LogP contribution in [0.4, 0.5) is 0 Å². The molecular formula is C19H20N2O2S. The van der Waals surface area contributed by atoms with Crippen LogP contribution in [-0.4, -0.2) is 23.3 Å². The maximum absolute atomic E-state index is 12.1. The van der Waals surface area contributed by atoms with E-state index in [1.807, 2.05) is 36.4 Å². The Morgan fingerprint density at radius 1 is 1.08 bits per heavy atom. The van der Waals surface area contributed by atoms with Gasteiger partial charge in [-0.05, 0) is 43.2 Å². The molecule has 0 aromatic heterocycles. The summed E-state index contributed by atoms with van der Waals surface area (Å²) in [6.45, 7) is 0.609. The van der Waals surface area contributed by atoms with Gasteiger partial charge in [0, 0.05) is 17.9 Å². The Hall–Kier alpha value is -2.27. The molecule has 0 fully saturated rings. The molecule has 2 aliphatic rings. The molecule has 0 atom stereocenters. The standard InChI is InChI=1S/C19H20N2O2S/c22-18(21-14-7-6-8-15(21)13-14)11-2-1-5-12-20-19(23)16-9-3-4-10-17(16)24/h3-4,6-10,13,24H,1-2,5,11-12H2,(H,20,23). The van der Waals surface area contributed by atoms with Crippen molar-refractivity contribution in [1.29, 1.82) is 0 Å². The summed E-state index contributed by atoms with van der Waals surface area (Å²) in [5.74, 6) is 0.0480. The third-order valence-corrected chi connectivity index (χ3v) is 4.49. The van der Waals surface area contributed by atoms with E-state index < -0.39 is 0 Å². The molecular weight excluding hydrogens is 320 g/mol. The van der Waals surface area contributed by atoms with Crippen molar-refractivity contribution in [3.63, 3.8) is 0 Å². The lowest BCUT2D eigenvalue weighted by Gasteiger charge is -2.34. The van der Waals surface area contributed by atoms with Crippen molar-refractivity contribution in [1.82, 2.24) is 10.2 Å². The highest BCUT2D eigenvalue weighted by Gasteiger charge is 2.28. The minimum atomic E-state index is -0.101. The van der Waals surface area contributed by atoms with Gasteiger partial charge in [-0.3, -0.25) is 14.5 Å². The lowest BCUT2D eigenvalue weighted by atomic mass is 10.0. The number of carbonyl (C=O) groups excluding carboxylic acids is 2. The Bertz CT molecular complexity index is 738. The summed E-state index contributed by atoms with van der Waals surface area (Å²) in [5, 5.41) is 2.89. The molecule has 0 saturated carbocycles. The Balaban J connectivity index is 1.31. The fraction of sp³-hybridized carbons (Fsp3) is 0.263. The second-order valence-electron chi connectivity index (χ2n) is 5.83. The Morgan fingerprint density at radius 3 is 2.62 bits per heavy atom. The number of amides is 2. The summed E-state index contributed by atoms with van der Waals surface area (Å²) in [6, 6.07) is 7.24. The quantitative estimate of drug-likeness (QED) is 0.590. The summed E-state index contributed by atoms with van der Waals surface area (Å²) in [6.07, 6.45) is 11.0. The zero-order chi connectivity index (χ0) is 16.9. The number of allylic oxidation sites excluding steroid dienone is 4. The SMILES string of the molecule is O=C(NCCCCCC(=O)N1c2cccc1c2)c1ccccc1S. The number of carbonyl (C=O) groups is 2. The van der Waals surface area contributed by atoms with Gasteiger partial charge < -0.3 is 5.32 Å². The summed E-state index contributed by atoms with van der Waals surface area (Å²) in [4.78, 5) is 26.6. The zero-order valence-corrected chi connectivity index (χ0v) is 14.3. The van der Waals surface area contributed by atoms with Gasteiger partial charge in [-0.1, -0.05) is 24.6 Å². The monoisotopic (exact) mass is 340 g/mol. The van der Waals surface area contributed by atoms with Gasteiger partial charge in [-0.2, -0.15) is 0 Å². The highest BCUT2D eigenvalue weighted by Crippen LogP contribution is 2.31. The van der Waals surface area contributed by atoms with E-state index in [1.54, 1.807) is 17.0 Å². The topological polar surface area (TPSA) is 49.4 Å². The molecule has 2 bridgehead atoms. The van der Waals surface area contributed by atoms with E-state index in [0.717, 1.165) is 30.7 Å². The molecule has 4 nitrogen and oxygen atoms in total. The lowest BCUT2D eigenvalue weighted by molar-refractivity contribution is -0.128. The van der Waals surface area contributed by atoms with E-state index in [2.05, 4.69) is 17.9 Å². The van der Waals surface area contributed by atoms with Crippen molar-refractivity contribution in [2.24, 2.45) is 0 Å². The number of unbranched alkanes of at least 4 members (excludes halogenated alkanes) is 2. The molecule has 1 aromatic rings. The smallest absolute Gasteiger partial charge is 0.252 e. The summed E-state index contributed by atoms with van der Waals surface area (Å²) in [5.41, 5.74) is 2.56. The molecule has 5 heteroatoms. The Kier molecular flexibility index (Phi) is 5.20. The van der Waals surface area contributed by atoms with E-state index in [9.17, 15) is 9.59 Å². The molecule has 2 aliphatic heterocycles. The number of hydrogen-bond donors (Lipinski definition) is 2. The fourth-order valence-corrected chi connectivity index (χ4v) is 3.06. The highest BCUT2D eigenvalue weighted by atomic mass is 32.1. The van der Waals surface area contributed by atoms with Crippen LogP contribution in [0.1, 0.15) is 36.0 Å². The second-order valence-corrected chi connectivity index (χ2v) is 6.31. The van der Waals surface area contributed by atoms with Gasteiger partial charge in [-0.25, -0.2) is 0 Å². The molecule has 2 amide bonds. The van der Waals surface area contributed by atoms with Gasteiger partial charge >= 0.3 is 0 Å². The number of thiol groups is 1. The first-order chi connectivity index (χ1) is 11.7. The van der Waals surface area contributed by atoms with E-state index >= 15 is 0 Å². The third-order valence-electron chi connectivity index (χ3n) is 4.10. The van der Waals surface area contributed by atoms with Crippen molar-refractivity contribution in [2.75, 3.05) is 6.54 Å². The maximum Gasteiger partial charge on any atom is 0.252 e. The molecule has 2 heterocycles. The average Bonchev–Trinajstić information content (AvgIpc) is 2.58. The van der Waals surface area contributed by atoms with Crippen LogP contribution in [0.25, 0.3) is 0 Å². The molecule has 0 spiro atoms. The molecule has 124 valence electrons. The first kappa shape index (κ1) is 16.6. The molecule has 0 unspecified atom stereocenters. The van der Waals surface area contributed by atoms with Crippen molar-refractivity contribution in [2.45, 2.75) is 30.6 Å². The van der Waals surface area contributed by atoms with Crippen LogP contribution < -0.4 is 5.32 Å². The van der Waals surface area contributed by atoms with Gasteiger partial charge in [0.1, 0.15) is 0 Å². The molecule has 1 aromatic carbocycles. The summed E-state index contributed by atoms with van der Waals surface area (Å²) < 4.78 is 0. The van der Waals surface area contributed by atoms with Gasteiger partial charge in [-0.15, -0.1) is 12.6 Å². The second kappa shape index (κ2) is 7.53. The van der Waals surface area contributed by atoms with Crippen LogP contribution in [0, 0.1) is 0 Å². The lowest BCUT2D eigenvalue weighted by Crippen LogP contribution is -2.35. The molecule has 3 rings (SSSR count). The van der Waals surface area contributed by atoms with Gasteiger partial charge in [0.05, 0.1) is 17.0 Å². The normalized spacial score (nSPS) is 14.6. The predicted octanol–water partition coefficient (Wildman–Crippen LogP) is 3.45. The molecule has 0 aliphatic carbocycles. The Morgan fingerprint density at radius 2 is 1.92 bits per heavy atom. The molecule has 0 radical (unpaired) electrons. The van der Waals surface area contributed by atoms with E-state index in [1.165, 1.54) is 0 Å². The van der Waals surface area contributed by atoms with Crippen LogP contribution in [-0.2, 0) is 4.79 Å². The van der Waals surface area contributed by atoms with Crippen LogP contribution in [0.3, 0.4) is 0 Å². The average molecular weight is 340 g/mol. The minimum absolute atomic E-state index is 0.101. The van der Waals surface area contributed by atoms with Gasteiger partial charge in [0.2, 0.25) is 5.91 Å². The maximum atomic E-state index is 12.1. The number of nitrogens with one attached hydrogen (secondary N) is 1. The number of rotatable bonds is 7. The fourth-order valence-electron chi connectivity index (χ4n) is 2.79. The molecule has 0 saturated heterocycles. The van der Waals surface area contributed by atoms with Crippen molar-refractivity contribution < 1.29 is 9.59 Å². The summed E-state index contributed by atoms with van der Waals surface area (Å²) >= 11 is 4.28. The van der Waals surface area contributed by atoms with E-state index in [0.29, 0.717) is 23.4 Å². The Labute approximate surface area is 147 Å². The largest absolute Gasteiger partial charge is 0.352 e. The van der Waals surface area contributed by atoms with E-state index in [-0.39, 0.29) is 11.8 Å². The first-order valence-corrected chi connectivity index (χ1v) is 8.61. The first-order valence-electron chi connectivity index (χ1n) is 8.16. The third kappa shape index (κ3) is 3.62. The van der Waals surface area contributed by atoms with Crippen LogP contribution in [0.15, 0.2) is 64.9 Å². The predicted molar refractivity (Wildman–Crippen MR) is 96.6 cm³/mol. The number of nitrogens with zero attached hydrogens (tertiary/aromatic N) is 1. The number of fused-ring (bicyclic) bond motifs is 2. The zero-order valence-electron chi connectivity index (χ0n) is 13.4. The van der Waals surface area contributed by atoms with Gasteiger partial charge in [0.25, 0.3) is 5.91 Å². The summed E-state index contributed by atoms with van der Waals surface area (Å²) in [7, 11) is 0.